The van der Waals surface area contributed by atoms with Crippen LogP contribution in [0.15, 0.2) is 66.9 Å². The fourth-order valence-corrected chi connectivity index (χ4v) is 2.20. The van der Waals surface area contributed by atoms with Crippen molar-refractivity contribution in [3.8, 4) is 5.75 Å². The number of amides is 1. The Kier molecular flexibility index (Phi) is 4.89. The van der Waals surface area contributed by atoms with Crippen molar-refractivity contribution in [2.75, 3.05) is 17.7 Å². The number of carbonyl (C=O) groups is 1. The summed E-state index contributed by atoms with van der Waals surface area (Å²) < 4.78 is 18.3. The quantitative estimate of drug-likeness (QED) is 0.731. The maximum absolute atomic E-state index is 13.2. The second-order valence-corrected chi connectivity index (χ2v) is 5.25. The molecule has 0 aliphatic carbocycles. The zero-order valence-electron chi connectivity index (χ0n) is 13.5. The van der Waals surface area contributed by atoms with Gasteiger partial charge in [-0.05, 0) is 54.6 Å². The Hall–Kier alpha value is -3.41. The van der Waals surface area contributed by atoms with Gasteiger partial charge in [0.25, 0.3) is 5.91 Å². The molecule has 0 spiro atoms. The van der Waals surface area contributed by atoms with Crippen molar-refractivity contribution in [3.05, 3.63) is 78.2 Å². The van der Waals surface area contributed by atoms with Gasteiger partial charge in [0.2, 0.25) is 0 Å². The molecule has 2 aromatic carbocycles. The standard InChI is InChI=1S/C19H16FN3O2/c1-25-17-8-5-15(6-9-17)22-18-10-7-16(12-21-18)23-19(24)13-3-2-4-14(20)11-13/h2-12H,1H3,(H,21,22)(H,23,24). The molecule has 25 heavy (non-hydrogen) atoms. The Morgan fingerprint density at radius 2 is 1.80 bits per heavy atom. The van der Waals surface area contributed by atoms with Gasteiger partial charge in [-0.25, -0.2) is 9.37 Å². The number of pyridine rings is 1. The highest BCUT2D eigenvalue weighted by Gasteiger charge is 2.07. The second-order valence-electron chi connectivity index (χ2n) is 5.25. The lowest BCUT2D eigenvalue weighted by Gasteiger charge is -2.08. The maximum atomic E-state index is 13.2. The number of aromatic nitrogens is 1. The van der Waals surface area contributed by atoms with E-state index in [2.05, 4.69) is 15.6 Å². The van der Waals surface area contributed by atoms with E-state index in [1.165, 1.54) is 24.4 Å². The topological polar surface area (TPSA) is 63.2 Å². The Balaban J connectivity index is 1.64. The summed E-state index contributed by atoms with van der Waals surface area (Å²) in [6, 6.07) is 16.4. The fourth-order valence-electron chi connectivity index (χ4n) is 2.20. The lowest BCUT2D eigenvalue weighted by molar-refractivity contribution is 0.102. The Labute approximate surface area is 144 Å². The van der Waals surface area contributed by atoms with Gasteiger partial charge in [-0.15, -0.1) is 0 Å². The molecule has 126 valence electrons. The summed E-state index contributed by atoms with van der Waals surface area (Å²) >= 11 is 0. The zero-order chi connectivity index (χ0) is 17.6. The number of anilines is 3. The van der Waals surface area contributed by atoms with Gasteiger partial charge in [-0.3, -0.25) is 4.79 Å². The molecular weight excluding hydrogens is 321 g/mol. The molecule has 0 radical (unpaired) electrons. The van der Waals surface area contributed by atoms with Gasteiger partial charge in [-0.1, -0.05) is 6.07 Å². The number of methoxy groups -OCH3 is 1. The molecule has 0 saturated heterocycles. The van der Waals surface area contributed by atoms with Crippen LogP contribution in [-0.2, 0) is 0 Å². The highest BCUT2D eigenvalue weighted by Crippen LogP contribution is 2.19. The summed E-state index contributed by atoms with van der Waals surface area (Å²) in [7, 11) is 1.61. The first kappa shape index (κ1) is 16.4. The average molecular weight is 337 g/mol. The first-order chi connectivity index (χ1) is 12.1. The van der Waals surface area contributed by atoms with Crippen LogP contribution in [0, 0.1) is 5.82 Å². The average Bonchev–Trinajstić information content (AvgIpc) is 2.64. The van der Waals surface area contributed by atoms with Gasteiger partial charge in [0.1, 0.15) is 17.4 Å². The van der Waals surface area contributed by atoms with Crippen LogP contribution in [0.5, 0.6) is 5.75 Å². The van der Waals surface area contributed by atoms with Crippen molar-refractivity contribution in [3.63, 3.8) is 0 Å². The van der Waals surface area contributed by atoms with E-state index in [1.54, 1.807) is 25.3 Å². The van der Waals surface area contributed by atoms with Gasteiger partial charge in [0, 0.05) is 11.3 Å². The lowest BCUT2D eigenvalue weighted by atomic mass is 10.2. The molecule has 1 amide bonds. The van der Waals surface area contributed by atoms with Crippen molar-refractivity contribution in [1.29, 1.82) is 0 Å². The molecule has 3 aromatic rings. The van der Waals surface area contributed by atoms with E-state index in [9.17, 15) is 9.18 Å². The summed E-state index contributed by atoms with van der Waals surface area (Å²) in [4.78, 5) is 16.3. The first-order valence-corrected chi connectivity index (χ1v) is 7.58. The minimum atomic E-state index is -0.454. The van der Waals surface area contributed by atoms with Gasteiger partial charge < -0.3 is 15.4 Å². The summed E-state index contributed by atoms with van der Waals surface area (Å²) in [6.45, 7) is 0. The molecule has 0 saturated carbocycles. The van der Waals surface area contributed by atoms with E-state index in [4.69, 9.17) is 4.74 Å². The molecule has 0 atom stereocenters. The van der Waals surface area contributed by atoms with Crippen LogP contribution in [0.2, 0.25) is 0 Å². The van der Waals surface area contributed by atoms with Crippen molar-refractivity contribution in [1.82, 2.24) is 4.98 Å². The van der Waals surface area contributed by atoms with E-state index in [0.29, 0.717) is 11.5 Å². The predicted molar refractivity (Wildman–Crippen MR) is 94.9 cm³/mol. The Morgan fingerprint density at radius 3 is 2.44 bits per heavy atom. The Bertz CT molecular complexity index is 865. The highest BCUT2D eigenvalue weighted by molar-refractivity contribution is 6.04. The van der Waals surface area contributed by atoms with Crippen LogP contribution in [0.1, 0.15) is 10.4 Å². The van der Waals surface area contributed by atoms with Gasteiger partial charge in [0.05, 0.1) is 19.0 Å². The molecule has 1 aromatic heterocycles. The van der Waals surface area contributed by atoms with Crippen LogP contribution < -0.4 is 15.4 Å². The second kappa shape index (κ2) is 7.44. The fraction of sp³-hybridized carbons (Fsp3) is 0.0526. The Morgan fingerprint density at radius 1 is 1.04 bits per heavy atom. The van der Waals surface area contributed by atoms with Crippen LogP contribution >= 0.6 is 0 Å². The minimum Gasteiger partial charge on any atom is -0.497 e. The molecule has 5 nitrogen and oxygen atoms in total. The number of hydrogen-bond donors (Lipinski definition) is 2. The van der Waals surface area contributed by atoms with Crippen LogP contribution in [0.25, 0.3) is 0 Å². The monoisotopic (exact) mass is 337 g/mol. The molecular formula is C19H16FN3O2. The number of ether oxygens (including phenoxy) is 1. The van der Waals surface area contributed by atoms with E-state index in [0.717, 1.165) is 11.4 Å². The number of carbonyl (C=O) groups excluding carboxylic acids is 1. The number of hydrogen-bond acceptors (Lipinski definition) is 4. The molecule has 6 heteroatoms. The summed E-state index contributed by atoms with van der Waals surface area (Å²) in [5.41, 5.74) is 1.64. The molecule has 0 unspecified atom stereocenters. The van der Waals surface area contributed by atoms with Gasteiger partial charge >= 0.3 is 0 Å². The molecule has 0 aliphatic rings. The third-order valence-corrected chi connectivity index (χ3v) is 3.47. The van der Waals surface area contributed by atoms with E-state index in [-0.39, 0.29) is 5.56 Å². The molecule has 1 heterocycles. The largest absolute Gasteiger partial charge is 0.497 e. The summed E-state index contributed by atoms with van der Waals surface area (Å²) in [5.74, 6) is 0.560. The molecule has 0 fully saturated rings. The minimum absolute atomic E-state index is 0.250. The van der Waals surface area contributed by atoms with Crippen molar-refractivity contribution in [2.24, 2.45) is 0 Å². The molecule has 2 N–H and O–H groups in total. The van der Waals surface area contributed by atoms with Crippen LogP contribution in [-0.4, -0.2) is 18.0 Å². The summed E-state index contributed by atoms with van der Waals surface area (Å²) in [6.07, 6.45) is 1.53. The van der Waals surface area contributed by atoms with E-state index < -0.39 is 11.7 Å². The number of nitrogens with zero attached hydrogens (tertiary/aromatic N) is 1. The first-order valence-electron chi connectivity index (χ1n) is 7.58. The van der Waals surface area contributed by atoms with Crippen LogP contribution in [0.4, 0.5) is 21.6 Å². The third-order valence-electron chi connectivity index (χ3n) is 3.47. The van der Waals surface area contributed by atoms with Crippen LogP contribution in [0.3, 0.4) is 0 Å². The smallest absolute Gasteiger partial charge is 0.255 e. The van der Waals surface area contributed by atoms with Gasteiger partial charge in [0.15, 0.2) is 0 Å². The van der Waals surface area contributed by atoms with E-state index >= 15 is 0 Å². The number of benzene rings is 2. The predicted octanol–water partition coefficient (Wildman–Crippen LogP) is 4.23. The van der Waals surface area contributed by atoms with Crippen molar-refractivity contribution in [2.45, 2.75) is 0 Å². The zero-order valence-corrected chi connectivity index (χ0v) is 13.5. The number of halogens is 1. The molecule has 3 rings (SSSR count). The van der Waals surface area contributed by atoms with E-state index in [1.807, 2.05) is 24.3 Å². The third kappa shape index (κ3) is 4.32. The lowest BCUT2D eigenvalue weighted by Crippen LogP contribution is -2.12. The maximum Gasteiger partial charge on any atom is 0.255 e. The normalized spacial score (nSPS) is 10.2. The molecule has 0 aliphatic heterocycles. The SMILES string of the molecule is COc1ccc(Nc2ccc(NC(=O)c3cccc(F)c3)cn2)cc1. The number of nitrogens with one attached hydrogen (secondary N) is 2. The number of rotatable bonds is 5. The van der Waals surface area contributed by atoms with Gasteiger partial charge in [-0.2, -0.15) is 0 Å². The van der Waals surface area contributed by atoms with Crippen molar-refractivity contribution < 1.29 is 13.9 Å². The highest BCUT2D eigenvalue weighted by atomic mass is 19.1. The summed E-state index contributed by atoms with van der Waals surface area (Å²) in [5, 5.41) is 5.83. The van der Waals surface area contributed by atoms with Crippen molar-refractivity contribution >= 4 is 23.1 Å². The molecule has 0 bridgehead atoms.